The quantitative estimate of drug-likeness (QED) is 0.314. The molecule has 0 saturated carbocycles. The van der Waals surface area contributed by atoms with Gasteiger partial charge in [-0.05, 0) is 49.4 Å². The average molecular weight is 552 g/mol. The molecule has 0 bridgehead atoms. The molecule has 2 saturated heterocycles. The van der Waals surface area contributed by atoms with Gasteiger partial charge in [0.25, 0.3) is 0 Å². The van der Waals surface area contributed by atoms with Crippen molar-refractivity contribution in [3.63, 3.8) is 0 Å². The molecule has 2 unspecified atom stereocenters. The lowest BCUT2D eigenvalue weighted by atomic mass is 10.1. The minimum atomic E-state index is -0.260. The van der Waals surface area contributed by atoms with E-state index in [1.165, 1.54) is 24.6 Å². The zero-order valence-electron chi connectivity index (χ0n) is 18.7. The summed E-state index contributed by atoms with van der Waals surface area (Å²) < 4.78 is 14.0. The number of anilines is 1. The minimum absolute atomic E-state index is 0. The fraction of sp³-hybridized carbons (Fsp3) is 0.500. The van der Waals surface area contributed by atoms with Crippen LogP contribution in [0.4, 0.5) is 10.2 Å². The van der Waals surface area contributed by atoms with Crippen molar-refractivity contribution in [2.45, 2.75) is 25.3 Å². The molecule has 4 rings (SSSR count). The standard InChI is InChI=1S/C24H33FN6.HI/c1-26-24(29-21-11-15-31(18-21)23-22(25)8-5-12-27-23)28-16-20-10-14-30(17-20)13-9-19-6-3-2-4-7-19;/h2-8,12,20-21H,9-11,13-18H2,1H3,(H2,26,28,29);1H. The van der Waals surface area contributed by atoms with Crippen LogP contribution in [-0.4, -0.2) is 68.2 Å². The average Bonchev–Trinajstić information content (AvgIpc) is 3.46. The second-order valence-corrected chi connectivity index (χ2v) is 8.53. The summed E-state index contributed by atoms with van der Waals surface area (Å²) in [4.78, 5) is 13.2. The highest BCUT2D eigenvalue weighted by atomic mass is 127. The first-order valence-corrected chi connectivity index (χ1v) is 11.3. The normalized spacial score (nSPS) is 21.4. The van der Waals surface area contributed by atoms with Gasteiger partial charge in [0.2, 0.25) is 0 Å². The van der Waals surface area contributed by atoms with E-state index >= 15 is 0 Å². The molecule has 6 nitrogen and oxygen atoms in total. The van der Waals surface area contributed by atoms with Crippen molar-refractivity contribution in [1.82, 2.24) is 20.5 Å². The van der Waals surface area contributed by atoms with E-state index in [4.69, 9.17) is 0 Å². The molecule has 2 N–H and O–H groups in total. The highest BCUT2D eigenvalue weighted by molar-refractivity contribution is 14.0. The van der Waals surface area contributed by atoms with Gasteiger partial charge in [0.05, 0.1) is 0 Å². The van der Waals surface area contributed by atoms with Crippen LogP contribution in [0.15, 0.2) is 53.7 Å². The number of likely N-dealkylation sites (tertiary alicyclic amines) is 1. The number of aliphatic imine (C=N–C) groups is 1. The van der Waals surface area contributed by atoms with E-state index in [1.807, 2.05) is 4.90 Å². The molecule has 2 atom stereocenters. The topological polar surface area (TPSA) is 55.8 Å². The Balaban J connectivity index is 0.00000289. The molecular formula is C24H34FIN6. The third kappa shape index (κ3) is 6.78. The van der Waals surface area contributed by atoms with Crippen molar-refractivity contribution in [3.8, 4) is 0 Å². The number of nitrogens with one attached hydrogen (secondary N) is 2. The summed E-state index contributed by atoms with van der Waals surface area (Å²) >= 11 is 0. The SMILES string of the molecule is CN=C(NCC1CCN(CCc2ccccc2)C1)NC1CCN(c2ncccc2F)C1.I. The zero-order valence-corrected chi connectivity index (χ0v) is 21.0. The van der Waals surface area contributed by atoms with Gasteiger partial charge in [-0.25, -0.2) is 9.37 Å². The molecule has 2 aliphatic heterocycles. The van der Waals surface area contributed by atoms with Crippen LogP contribution in [0.25, 0.3) is 0 Å². The van der Waals surface area contributed by atoms with Crippen LogP contribution in [0.2, 0.25) is 0 Å². The maximum Gasteiger partial charge on any atom is 0.191 e. The Labute approximate surface area is 207 Å². The molecule has 0 aliphatic carbocycles. The molecule has 0 amide bonds. The van der Waals surface area contributed by atoms with E-state index in [9.17, 15) is 4.39 Å². The Morgan fingerprint density at radius 2 is 1.97 bits per heavy atom. The van der Waals surface area contributed by atoms with Crippen LogP contribution in [0.1, 0.15) is 18.4 Å². The van der Waals surface area contributed by atoms with Crippen LogP contribution in [0.5, 0.6) is 0 Å². The van der Waals surface area contributed by atoms with E-state index < -0.39 is 0 Å². The van der Waals surface area contributed by atoms with Gasteiger partial charge in [-0.15, -0.1) is 24.0 Å². The smallest absolute Gasteiger partial charge is 0.191 e. The molecule has 2 aromatic rings. The van der Waals surface area contributed by atoms with E-state index in [-0.39, 0.29) is 35.8 Å². The lowest BCUT2D eigenvalue weighted by molar-refractivity contribution is 0.328. The summed E-state index contributed by atoms with van der Waals surface area (Å²) in [6.45, 7) is 5.86. The van der Waals surface area contributed by atoms with E-state index in [1.54, 1.807) is 19.3 Å². The van der Waals surface area contributed by atoms with Gasteiger partial charge < -0.3 is 20.4 Å². The summed E-state index contributed by atoms with van der Waals surface area (Å²) in [5, 5.41) is 7.00. The first-order valence-electron chi connectivity index (χ1n) is 11.3. The fourth-order valence-electron chi connectivity index (χ4n) is 4.52. The molecule has 0 radical (unpaired) electrons. The number of benzene rings is 1. The van der Waals surface area contributed by atoms with Crippen LogP contribution in [0, 0.1) is 11.7 Å². The molecule has 2 fully saturated rings. The number of pyridine rings is 1. The van der Waals surface area contributed by atoms with Gasteiger partial charge in [-0.1, -0.05) is 30.3 Å². The first-order chi connectivity index (χ1) is 15.2. The Morgan fingerprint density at radius 3 is 2.75 bits per heavy atom. The fourth-order valence-corrected chi connectivity index (χ4v) is 4.52. The maximum absolute atomic E-state index is 14.0. The van der Waals surface area contributed by atoms with Crippen molar-refractivity contribution in [2.75, 3.05) is 51.2 Å². The largest absolute Gasteiger partial charge is 0.356 e. The van der Waals surface area contributed by atoms with Crippen molar-refractivity contribution in [3.05, 3.63) is 60.0 Å². The highest BCUT2D eigenvalue weighted by Gasteiger charge is 2.27. The van der Waals surface area contributed by atoms with Crippen molar-refractivity contribution >= 4 is 35.8 Å². The molecule has 1 aromatic heterocycles. The molecule has 32 heavy (non-hydrogen) atoms. The van der Waals surface area contributed by atoms with E-state index in [0.717, 1.165) is 51.5 Å². The molecule has 0 spiro atoms. The van der Waals surface area contributed by atoms with E-state index in [2.05, 4.69) is 55.8 Å². The predicted octanol–water partition coefficient (Wildman–Crippen LogP) is 3.15. The van der Waals surface area contributed by atoms with Gasteiger partial charge in [0.15, 0.2) is 17.6 Å². The van der Waals surface area contributed by atoms with Gasteiger partial charge in [-0.3, -0.25) is 4.99 Å². The molecule has 2 aliphatic rings. The Morgan fingerprint density at radius 1 is 1.12 bits per heavy atom. The van der Waals surface area contributed by atoms with Crippen molar-refractivity contribution in [1.29, 1.82) is 0 Å². The lowest BCUT2D eigenvalue weighted by Crippen LogP contribution is -2.46. The first kappa shape index (κ1) is 24.7. The Hall–Kier alpha value is -1.94. The summed E-state index contributed by atoms with van der Waals surface area (Å²) in [5.41, 5.74) is 1.41. The number of guanidine groups is 1. The highest BCUT2D eigenvalue weighted by Crippen LogP contribution is 2.21. The maximum atomic E-state index is 14.0. The number of hydrogen-bond donors (Lipinski definition) is 2. The lowest BCUT2D eigenvalue weighted by Gasteiger charge is -2.21. The summed E-state index contributed by atoms with van der Waals surface area (Å²) in [5.74, 6) is 1.65. The predicted molar refractivity (Wildman–Crippen MR) is 139 cm³/mol. The minimum Gasteiger partial charge on any atom is -0.356 e. The number of hydrogen-bond acceptors (Lipinski definition) is 4. The number of aromatic nitrogens is 1. The summed E-state index contributed by atoms with van der Waals surface area (Å²) in [6, 6.07) is 14.0. The summed E-state index contributed by atoms with van der Waals surface area (Å²) in [7, 11) is 1.81. The summed E-state index contributed by atoms with van der Waals surface area (Å²) in [6.07, 6.45) is 4.91. The van der Waals surface area contributed by atoms with Gasteiger partial charge >= 0.3 is 0 Å². The second-order valence-electron chi connectivity index (χ2n) is 8.53. The Kier molecular flexibility index (Phi) is 9.52. The molecule has 1 aromatic carbocycles. The van der Waals surface area contributed by atoms with Crippen LogP contribution >= 0.6 is 24.0 Å². The third-order valence-corrected chi connectivity index (χ3v) is 6.28. The monoisotopic (exact) mass is 552 g/mol. The molecule has 3 heterocycles. The van der Waals surface area contributed by atoms with Crippen LogP contribution in [0.3, 0.4) is 0 Å². The van der Waals surface area contributed by atoms with E-state index in [0.29, 0.717) is 11.7 Å². The second kappa shape index (κ2) is 12.3. The van der Waals surface area contributed by atoms with Gasteiger partial charge in [0, 0.05) is 52.0 Å². The van der Waals surface area contributed by atoms with Crippen LogP contribution < -0.4 is 15.5 Å². The van der Waals surface area contributed by atoms with Gasteiger partial charge in [-0.2, -0.15) is 0 Å². The van der Waals surface area contributed by atoms with Crippen molar-refractivity contribution in [2.24, 2.45) is 10.9 Å². The molecule has 174 valence electrons. The zero-order chi connectivity index (χ0) is 21.5. The number of nitrogens with zero attached hydrogens (tertiary/aromatic N) is 4. The van der Waals surface area contributed by atoms with Gasteiger partial charge in [0.1, 0.15) is 0 Å². The Bertz CT molecular complexity index is 865. The number of rotatable bonds is 7. The molecule has 8 heteroatoms. The third-order valence-electron chi connectivity index (χ3n) is 6.28. The molecular weight excluding hydrogens is 518 g/mol. The van der Waals surface area contributed by atoms with Crippen molar-refractivity contribution < 1.29 is 4.39 Å². The number of halogens is 2. The van der Waals surface area contributed by atoms with Crippen LogP contribution in [-0.2, 0) is 6.42 Å².